The monoisotopic (exact) mass is 534 g/mol. The third kappa shape index (κ3) is 4.45. The molecular weight excluding hydrogens is 504 g/mol. The summed E-state index contributed by atoms with van der Waals surface area (Å²) < 4.78 is 10.6. The smallest absolute Gasteiger partial charge is 0.137 e. The maximum absolute atomic E-state index is 6.43. The van der Waals surface area contributed by atoms with Gasteiger partial charge in [0.05, 0.1) is 22.9 Å². The summed E-state index contributed by atoms with van der Waals surface area (Å²) in [5.74, 6) is 2.41. The van der Waals surface area contributed by atoms with E-state index in [1.807, 2.05) is 53.5 Å². The number of hydrogen-bond acceptors (Lipinski definition) is 3. The summed E-state index contributed by atoms with van der Waals surface area (Å²) in [5, 5.41) is 7.05. The molecule has 0 radical (unpaired) electrons. The molecule has 0 saturated heterocycles. The molecule has 0 saturated carbocycles. The molecule has 3 aromatic heterocycles. The number of hydrogen-bond donors (Lipinski definition) is 0. The van der Waals surface area contributed by atoms with Crippen LogP contribution in [0, 0.1) is 13.8 Å². The topological polar surface area (TPSA) is 44.9 Å². The number of para-hydroxylation sites is 1. The van der Waals surface area contributed by atoms with Crippen molar-refractivity contribution in [3.8, 4) is 34.1 Å². The van der Waals surface area contributed by atoms with Gasteiger partial charge in [-0.25, -0.2) is 9.67 Å². The van der Waals surface area contributed by atoms with Crippen molar-refractivity contribution < 1.29 is 4.74 Å². The number of pyridine rings is 1. The molecule has 0 aliphatic carbocycles. The van der Waals surface area contributed by atoms with Gasteiger partial charge in [-0.3, -0.25) is 4.57 Å². The zero-order valence-electron chi connectivity index (χ0n) is 23.4. The minimum Gasteiger partial charge on any atom is -0.457 e. The molecule has 4 aromatic carbocycles. The van der Waals surface area contributed by atoms with Gasteiger partial charge in [-0.1, -0.05) is 49.4 Å². The first-order valence-corrected chi connectivity index (χ1v) is 14.0. The third-order valence-corrected chi connectivity index (χ3v) is 7.70. The van der Waals surface area contributed by atoms with Gasteiger partial charge in [0, 0.05) is 40.9 Å². The van der Waals surface area contributed by atoms with Crippen LogP contribution in [-0.2, 0) is 6.42 Å². The van der Waals surface area contributed by atoms with Crippen molar-refractivity contribution in [2.24, 2.45) is 0 Å². The Morgan fingerprint density at radius 3 is 2.46 bits per heavy atom. The Labute approximate surface area is 239 Å². The van der Waals surface area contributed by atoms with Gasteiger partial charge < -0.3 is 4.74 Å². The van der Waals surface area contributed by atoms with E-state index in [0.29, 0.717) is 0 Å². The minimum atomic E-state index is 0.750. The molecule has 3 heterocycles. The number of fused-ring (bicyclic) bond motifs is 3. The fraction of sp³-hybridized carbons (Fsp3) is 0.111. The lowest BCUT2D eigenvalue weighted by atomic mass is 9.96. The average Bonchev–Trinajstić information content (AvgIpc) is 3.60. The molecule has 0 aliphatic heterocycles. The molecule has 5 nitrogen and oxygen atoms in total. The van der Waals surface area contributed by atoms with Gasteiger partial charge in [-0.05, 0) is 85.0 Å². The zero-order valence-corrected chi connectivity index (χ0v) is 23.4. The van der Waals surface area contributed by atoms with E-state index in [4.69, 9.17) is 14.8 Å². The van der Waals surface area contributed by atoms with Crippen LogP contribution in [0.15, 0.2) is 116 Å². The number of aromatic nitrogens is 4. The van der Waals surface area contributed by atoms with E-state index < -0.39 is 0 Å². The zero-order chi connectivity index (χ0) is 27.9. The Bertz CT molecular complexity index is 2050. The van der Waals surface area contributed by atoms with Gasteiger partial charge in [0.25, 0.3) is 0 Å². The molecule has 0 amide bonds. The van der Waals surface area contributed by atoms with E-state index >= 15 is 0 Å². The molecule has 0 unspecified atom stereocenters. The summed E-state index contributed by atoms with van der Waals surface area (Å²) in [6.45, 7) is 6.44. The van der Waals surface area contributed by atoms with Crippen molar-refractivity contribution in [3.05, 3.63) is 132 Å². The molecule has 0 bridgehead atoms. The van der Waals surface area contributed by atoms with Crippen molar-refractivity contribution >= 4 is 21.8 Å². The Morgan fingerprint density at radius 1 is 0.756 bits per heavy atom. The second-order valence-electron chi connectivity index (χ2n) is 10.5. The maximum Gasteiger partial charge on any atom is 0.137 e. The predicted octanol–water partition coefficient (Wildman–Crippen LogP) is 9.00. The predicted molar refractivity (Wildman–Crippen MR) is 167 cm³/mol. The molecule has 7 aromatic rings. The van der Waals surface area contributed by atoms with Crippen LogP contribution >= 0.6 is 0 Å². The third-order valence-electron chi connectivity index (χ3n) is 7.70. The van der Waals surface area contributed by atoms with E-state index in [1.54, 1.807) is 0 Å². The standard InChI is InChI=1S/C36H30N4O/c1-4-26-10-7-9-25(3)36(26)27-22-38-39(23-27)28-11-8-12-29(20-28)41-30-15-16-32-31-13-5-6-14-33(31)40(34(32)21-30)35-19-24(2)17-18-37-35/h5-23H,4H2,1-3H3. The van der Waals surface area contributed by atoms with Crippen LogP contribution in [0.1, 0.15) is 23.6 Å². The first-order chi connectivity index (χ1) is 20.1. The van der Waals surface area contributed by atoms with Crippen molar-refractivity contribution in [3.63, 3.8) is 0 Å². The Kier molecular flexibility index (Phi) is 6.12. The largest absolute Gasteiger partial charge is 0.457 e. The molecule has 0 spiro atoms. The van der Waals surface area contributed by atoms with Crippen LogP contribution in [-0.4, -0.2) is 19.3 Å². The van der Waals surface area contributed by atoms with Gasteiger partial charge in [0.1, 0.15) is 17.3 Å². The van der Waals surface area contributed by atoms with Gasteiger partial charge in [0.2, 0.25) is 0 Å². The molecule has 0 fully saturated rings. The van der Waals surface area contributed by atoms with Crippen LogP contribution in [0.4, 0.5) is 0 Å². The fourth-order valence-corrected chi connectivity index (χ4v) is 5.76. The highest BCUT2D eigenvalue weighted by Gasteiger charge is 2.15. The van der Waals surface area contributed by atoms with Gasteiger partial charge in [0.15, 0.2) is 0 Å². The summed E-state index contributed by atoms with van der Waals surface area (Å²) in [6, 6.07) is 33.4. The first kappa shape index (κ1) is 24.9. The highest BCUT2D eigenvalue weighted by molar-refractivity contribution is 6.09. The van der Waals surface area contributed by atoms with Crippen molar-refractivity contribution in [1.82, 2.24) is 19.3 Å². The quantitative estimate of drug-likeness (QED) is 0.214. The molecule has 200 valence electrons. The molecule has 0 aliphatic rings. The summed E-state index contributed by atoms with van der Waals surface area (Å²) in [7, 11) is 0. The average molecular weight is 535 g/mol. The van der Waals surface area contributed by atoms with Gasteiger partial charge in [-0.15, -0.1) is 0 Å². The van der Waals surface area contributed by atoms with Crippen LogP contribution in [0.25, 0.3) is 44.4 Å². The number of nitrogens with zero attached hydrogens (tertiary/aromatic N) is 4. The van der Waals surface area contributed by atoms with Crippen molar-refractivity contribution in [2.75, 3.05) is 0 Å². The van der Waals surface area contributed by atoms with E-state index in [9.17, 15) is 0 Å². The lowest BCUT2D eigenvalue weighted by molar-refractivity contribution is 0.483. The van der Waals surface area contributed by atoms with E-state index in [0.717, 1.165) is 51.4 Å². The summed E-state index contributed by atoms with van der Waals surface area (Å²) in [4.78, 5) is 4.69. The maximum atomic E-state index is 6.43. The molecule has 7 rings (SSSR count). The van der Waals surface area contributed by atoms with E-state index in [2.05, 4.69) is 92.2 Å². The first-order valence-electron chi connectivity index (χ1n) is 14.0. The van der Waals surface area contributed by atoms with E-state index in [1.165, 1.54) is 27.6 Å². The number of ether oxygens (including phenoxy) is 1. The number of rotatable bonds is 6. The molecular formula is C36H30N4O. The lowest BCUT2D eigenvalue weighted by Gasteiger charge is -2.11. The van der Waals surface area contributed by atoms with Gasteiger partial charge >= 0.3 is 0 Å². The lowest BCUT2D eigenvalue weighted by Crippen LogP contribution is -1.97. The second-order valence-corrected chi connectivity index (χ2v) is 10.5. The highest BCUT2D eigenvalue weighted by atomic mass is 16.5. The van der Waals surface area contributed by atoms with Crippen LogP contribution < -0.4 is 4.74 Å². The minimum absolute atomic E-state index is 0.750. The molecule has 5 heteroatoms. The fourth-order valence-electron chi connectivity index (χ4n) is 5.76. The Morgan fingerprint density at radius 2 is 1.59 bits per heavy atom. The number of benzene rings is 4. The SMILES string of the molecule is CCc1cccc(C)c1-c1cnn(-c2cccc(Oc3ccc4c5ccccc5n(-c5cc(C)ccn5)c4c3)c2)c1. The Balaban J connectivity index is 1.25. The second kappa shape index (κ2) is 10.1. The van der Waals surface area contributed by atoms with Crippen molar-refractivity contribution in [1.29, 1.82) is 0 Å². The molecule has 41 heavy (non-hydrogen) atoms. The van der Waals surface area contributed by atoms with Gasteiger partial charge in [-0.2, -0.15) is 5.10 Å². The van der Waals surface area contributed by atoms with Crippen LogP contribution in [0.3, 0.4) is 0 Å². The van der Waals surface area contributed by atoms with E-state index in [-0.39, 0.29) is 0 Å². The van der Waals surface area contributed by atoms with Crippen LogP contribution in [0.2, 0.25) is 0 Å². The molecule has 0 N–H and O–H groups in total. The van der Waals surface area contributed by atoms with Crippen LogP contribution in [0.5, 0.6) is 11.5 Å². The molecule has 0 atom stereocenters. The Hall–Kier alpha value is -5.16. The normalized spacial score (nSPS) is 11.4. The summed E-state index contributed by atoms with van der Waals surface area (Å²) in [6.07, 6.45) is 6.88. The van der Waals surface area contributed by atoms with Crippen molar-refractivity contribution in [2.45, 2.75) is 27.2 Å². The summed E-state index contributed by atoms with van der Waals surface area (Å²) in [5.41, 5.74) is 9.26. The summed E-state index contributed by atoms with van der Waals surface area (Å²) >= 11 is 0. The number of aryl methyl sites for hydroxylation is 3. The highest BCUT2D eigenvalue weighted by Crippen LogP contribution is 2.35.